The molecule has 0 unspecified atom stereocenters. The van der Waals surface area contributed by atoms with Gasteiger partial charge in [-0.25, -0.2) is 9.37 Å². The SMILES string of the molecule is Cc1cccc2c(=O)[nH]c(-c3cnc(N4CCN(C)CC4)c(F)c3)cc12. The zero-order valence-electron chi connectivity index (χ0n) is 14.9. The van der Waals surface area contributed by atoms with Crippen LogP contribution < -0.4 is 10.5 Å². The number of anilines is 1. The molecular formula is C20H21FN4O. The molecule has 1 aliphatic heterocycles. The minimum atomic E-state index is -0.363. The number of halogens is 1. The Kier molecular flexibility index (Phi) is 4.20. The van der Waals surface area contributed by atoms with Gasteiger partial charge in [-0.05, 0) is 43.1 Å². The molecule has 4 rings (SSSR count). The Morgan fingerprint density at radius 3 is 2.62 bits per heavy atom. The molecule has 1 N–H and O–H groups in total. The Balaban J connectivity index is 1.73. The van der Waals surface area contributed by atoms with Crippen molar-refractivity contribution in [2.24, 2.45) is 0 Å². The highest BCUT2D eigenvalue weighted by molar-refractivity contribution is 5.87. The monoisotopic (exact) mass is 352 g/mol. The van der Waals surface area contributed by atoms with Crippen LogP contribution in [0.5, 0.6) is 0 Å². The summed E-state index contributed by atoms with van der Waals surface area (Å²) in [6.07, 6.45) is 1.63. The number of aromatic amines is 1. The number of likely N-dealkylation sites (N-methyl/N-ethyl adjacent to an activating group) is 1. The molecular weight excluding hydrogens is 331 g/mol. The summed E-state index contributed by atoms with van der Waals surface area (Å²) in [7, 11) is 2.06. The van der Waals surface area contributed by atoms with E-state index in [-0.39, 0.29) is 11.4 Å². The van der Waals surface area contributed by atoms with Gasteiger partial charge in [0.25, 0.3) is 5.56 Å². The quantitative estimate of drug-likeness (QED) is 0.771. The minimum absolute atomic E-state index is 0.176. The largest absolute Gasteiger partial charge is 0.352 e. The summed E-state index contributed by atoms with van der Waals surface area (Å²) < 4.78 is 14.7. The average Bonchev–Trinajstić information content (AvgIpc) is 2.63. The first-order valence-corrected chi connectivity index (χ1v) is 8.75. The van der Waals surface area contributed by atoms with E-state index < -0.39 is 0 Å². The van der Waals surface area contributed by atoms with E-state index in [0.717, 1.165) is 37.1 Å². The standard InChI is InChI=1S/C20H21FN4O/c1-13-4-3-5-15-16(13)11-18(23-20(15)26)14-10-17(21)19(22-12-14)25-8-6-24(2)7-9-25/h3-5,10-12H,6-9H2,1-2H3,(H,23,26). The van der Waals surface area contributed by atoms with Crippen LogP contribution in [-0.2, 0) is 0 Å². The van der Waals surface area contributed by atoms with Gasteiger partial charge in [-0.1, -0.05) is 12.1 Å². The van der Waals surface area contributed by atoms with E-state index in [1.54, 1.807) is 12.3 Å². The summed E-state index contributed by atoms with van der Waals surface area (Å²) in [5.41, 5.74) is 1.98. The predicted molar refractivity (Wildman–Crippen MR) is 102 cm³/mol. The van der Waals surface area contributed by atoms with Crippen molar-refractivity contribution < 1.29 is 4.39 Å². The molecule has 5 nitrogen and oxygen atoms in total. The Morgan fingerprint density at radius 1 is 1.12 bits per heavy atom. The van der Waals surface area contributed by atoms with Crippen LogP contribution in [0.15, 0.2) is 41.3 Å². The van der Waals surface area contributed by atoms with Crippen molar-refractivity contribution in [2.45, 2.75) is 6.92 Å². The number of aromatic nitrogens is 2. The fourth-order valence-electron chi connectivity index (χ4n) is 3.42. The minimum Gasteiger partial charge on any atom is -0.352 e. The first kappa shape index (κ1) is 16.7. The molecule has 0 amide bonds. The number of rotatable bonds is 2. The molecule has 3 aromatic rings. The van der Waals surface area contributed by atoms with E-state index in [1.807, 2.05) is 30.0 Å². The Bertz CT molecular complexity index is 1020. The van der Waals surface area contributed by atoms with Gasteiger partial charge in [0.2, 0.25) is 0 Å². The first-order valence-electron chi connectivity index (χ1n) is 8.75. The van der Waals surface area contributed by atoms with E-state index in [9.17, 15) is 9.18 Å². The zero-order chi connectivity index (χ0) is 18.3. The van der Waals surface area contributed by atoms with Crippen molar-refractivity contribution in [1.82, 2.24) is 14.9 Å². The topological polar surface area (TPSA) is 52.2 Å². The second-order valence-electron chi connectivity index (χ2n) is 6.87. The summed E-state index contributed by atoms with van der Waals surface area (Å²) in [4.78, 5) is 23.7. The highest BCUT2D eigenvalue weighted by atomic mass is 19.1. The van der Waals surface area contributed by atoms with Gasteiger partial charge in [0.05, 0.1) is 5.69 Å². The summed E-state index contributed by atoms with van der Waals surface area (Å²) in [5, 5.41) is 1.51. The molecule has 0 spiro atoms. The molecule has 0 bridgehead atoms. The number of nitrogens with zero attached hydrogens (tertiary/aromatic N) is 3. The molecule has 1 aliphatic rings. The van der Waals surface area contributed by atoms with Crippen LogP contribution in [0.3, 0.4) is 0 Å². The lowest BCUT2D eigenvalue weighted by Crippen LogP contribution is -2.45. The Labute approximate surface area is 151 Å². The van der Waals surface area contributed by atoms with Crippen LogP contribution in [0.25, 0.3) is 22.0 Å². The maximum absolute atomic E-state index is 14.7. The van der Waals surface area contributed by atoms with Gasteiger partial charge in [-0.15, -0.1) is 0 Å². The number of fused-ring (bicyclic) bond motifs is 1. The number of piperazine rings is 1. The van der Waals surface area contributed by atoms with Crippen LogP contribution in [0.1, 0.15) is 5.56 Å². The van der Waals surface area contributed by atoms with E-state index in [1.165, 1.54) is 6.07 Å². The molecule has 26 heavy (non-hydrogen) atoms. The Morgan fingerprint density at radius 2 is 1.88 bits per heavy atom. The van der Waals surface area contributed by atoms with Gasteiger partial charge in [0.15, 0.2) is 11.6 Å². The van der Waals surface area contributed by atoms with Crippen molar-refractivity contribution >= 4 is 16.6 Å². The predicted octanol–water partition coefficient (Wildman–Crippen LogP) is 2.79. The third-order valence-electron chi connectivity index (χ3n) is 5.04. The second kappa shape index (κ2) is 6.53. The zero-order valence-corrected chi connectivity index (χ0v) is 14.9. The molecule has 0 aliphatic carbocycles. The van der Waals surface area contributed by atoms with Crippen LogP contribution in [0, 0.1) is 12.7 Å². The maximum Gasteiger partial charge on any atom is 0.256 e. The number of hydrogen-bond donors (Lipinski definition) is 1. The normalized spacial score (nSPS) is 15.6. The Hall–Kier alpha value is -2.73. The van der Waals surface area contributed by atoms with Crippen molar-refractivity contribution in [2.75, 3.05) is 38.1 Å². The third-order valence-corrected chi connectivity index (χ3v) is 5.04. The molecule has 0 atom stereocenters. The lowest BCUT2D eigenvalue weighted by molar-refractivity contribution is 0.310. The number of pyridine rings is 2. The van der Waals surface area contributed by atoms with E-state index in [4.69, 9.17) is 0 Å². The number of H-pyrrole nitrogens is 1. The lowest BCUT2D eigenvalue weighted by Gasteiger charge is -2.33. The van der Waals surface area contributed by atoms with Gasteiger partial charge in [-0.2, -0.15) is 0 Å². The van der Waals surface area contributed by atoms with E-state index in [2.05, 4.69) is 21.9 Å². The molecule has 1 saturated heterocycles. The molecule has 1 fully saturated rings. The number of hydrogen-bond acceptors (Lipinski definition) is 4. The van der Waals surface area contributed by atoms with Gasteiger partial charge in [-0.3, -0.25) is 4.79 Å². The fourth-order valence-corrected chi connectivity index (χ4v) is 3.42. The van der Waals surface area contributed by atoms with Crippen molar-refractivity contribution in [3.8, 4) is 11.3 Å². The van der Waals surface area contributed by atoms with E-state index in [0.29, 0.717) is 22.5 Å². The van der Waals surface area contributed by atoms with Crippen molar-refractivity contribution in [1.29, 1.82) is 0 Å². The highest BCUT2D eigenvalue weighted by Gasteiger charge is 2.19. The van der Waals surface area contributed by atoms with Gasteiger partial charge in [0.1, 0.15) is 0 Å². The van der Waals surface area contributed by atoms with Gasteiger partial charge < -0.3 is 14.8 Å². The summed E-state index contributed by atoms with van der Waals surface area (Å²) in [5.74, 6) is 0.0129. The first-order chi connectivity index (χ1) is 12.5. The molecule has 6 heteroatoms. The van der Waals surface area contributed by atoms with Gasteiger partial charge in [0, 0.05) is 43.3 Å². The summed E-state index contributed by atoms with van der Waals surface area (Å²) in [6.45, 7) is 5.25. The smallest absolute Gasteiger partial charge is 0.256 e. The highest BCUT2D eigenvalue weighted by Crippen LogP contribution is 2.25. The maximum atomic E-state index is 14.7. The lowest BCUT2D eigenvalue weighted by atomic mass is 10.0. The molecule has 2 aromatic heterocycles. The molecule has 3 heterocycles. The summed E-state index contributed by atoms with van der Waals surface area (Å²) >= 11 is 0. The summed E-state index contributed by atoms with van der Waals surface area (Å²) in [6, 6.07) is 8.95. The van der Waals surface area contributed by atoms with Crippen LogP contribution in [0.2, 0.25) is 0 Å². The second-order valence-corrected chi connectivity index (χ2v) is 6.87. The van der Waals surface area contributed by atoms with Crippen LogP contribution in [-0.4, -0.2) is 48.1 Å². The molecule has 1 aromatic carbocycles. The molecule has 134 valence electrons. The van der Waals surface area contributed by atoms with Crippen LogP contribution in [0.4, 0.5) is 10.2 Å². The van der Waals surface area contributed by atoms with Gasteiger partial charge >= 0.3 is 0 Å². The molecule has 0 radical (unpaired) electrons. The third kappa shape index (κ3) is 2.97. The number of benzene rings is 1. The van der Waals surface area contributed by atoms with Crippen molar-refractivity contribution in [3.63, 3.8) is 0 Å². The van der Waals surface area contributed by atoms with Crippen LogP contribution >= 0.6 is 0 Å². The van der Waals surface area contributed by atoms with E-state index >= 15 is 0 Å². The fraction of sp³-hybridized carbons (Fsp3) is 0.300. The van der Waals surface area contributed by atoms with Crippen molar-refractivity contribution in [3.05, 3.63) is 58.3 Å². The average molecular weight is 352 g/mol. The number of aryl methyl sites for hydroxylation is 1. The number of nitrogens with one attached hydrogen (secondary N) is 1. The molecule has 0 saturated carbocycles.